The third-order valence-corrected chi connectivity index (χ3v) is 4.06. The molecule has 1 aliphatic heterocycles. The first kappa shape index (κ1) is 13.9. The highest BCUT2D eigenvalue weighted by atomic mass is 16.5. The molecule has 2 aromatic rings. The predicted octanol–water partition coefficient (Wildman–Crippen LogP) is 2.55. The summed E-state index contributed by atoms with van der Waals surface area (Å²) in [6.07, 6.45) is 0. The van der Waals surface area contributed by atoms with E-state index in [9.17, 15) is 9.90 Å². The molecule has 1 fully saturated rings. The van der Waals surface area contributed by atoms with Gasteiger partial charge in [-0.3, -0.25) is 5.32 Å². The van der Waals surface area contributed by atoms with E-state index in [4.69, 9.17) is 4.74 Å². The van der Waals surface area contributed by atoms with Crippen LogP contribution in [-0.4, -0.2) is 49.0 Å². The lowest BCUT2D eigenvalue weighted by Gasteiger charge is -2.34. The van der Waals surface area contributed by atoms with Crippen LogP contribution >= 0.6 is 0 Å². The van der Waals surface area contributed by atoms with Gasteiger partial charge in [0.25, 0.3) is 0 Å². The summed E-state index contributed by atoms with van der Waals surface area (Å²) in [6, 6.07) is 10.8. The van der Waals surface area contributed by atoms with Gasteiger partial charge in [-0.05, 0) is 23.6 Å². The number of carbonyl (C=O) groups excluding carboxylic acids is 1. The number of amides is 2. The number of phenols is 1. The molecular formula is C16H19N2O3+. The molecule has 3 rings (SSSR count). The van der Waals surface area contributed by atoms with Crippen LogP contribution in [0, 0.1) is 0 Å². The van der Waals surface area contributed by atoms with Crippen molar-refractivity contribution < 1.29 is 19.1 Å². The summed E-state index contributed by atoms with van der Waals surface area (Å²) >= 11 is 0. The van der Waals surface area contributed by atoms with Gasteiger partial charge in [0, 0.05) is 5.39 Å². The van der Waals surface area contributed by atoms with Crippen molar-refractivity contribution in [2.45, 2.75) is 0 Å². The SMILES string of the molecule is C[N+]1(C(=O)Nc2cccc3ccc(O)cc23)CCOCC1. The lowest BCUT2D eigenvalue weighted by molar-refractivity contribution is -0.836. The average Bonchev–Trinajstić information content (AvgIpc) is 2.48. The molecule has 1 saturated heterocycles. The van der Waals surface area contributed by atoms with Crippen LogP contribution in [0.4, 0.5) is 10.5 Å². The number of hydrogen-bond acceptors (Lipinski definition) is 3. The number of rotatable bonds is 1. The third-order valence-electron chi connectivity index (χ3n) is 4.06. The van der Waals surface area contributed by atoms with Crippen LogP contribution in [0.1, 0.15) is 0 Å². The molecule has 1 aliphatic rings. The highest BCUT2D eigenvalue weighted by molar-refractivity contribution is 6.00. The Labute approximate surface area is 123 Å². The summed E-state index contributed by atoms with van der Waals surface area (Å²) in [6.45, 7) is 2.53. The summed E-state index contributed by atoms with van der Waals surface area (Å²) in [5.74, 6) is 0.191. The summed E-state index contributed by atoms with van der Waals surface area (Å²) in [5, 5.41) is 14.5. The lowest BCUT2D eigenvalue weighted by Crippen LogP contribution is -2.57. The number of anilines is 1. The van der Waals surface area contributed by atoms with E-state index in [1.165, 1.54) is 0 Å². The van der Waals surface area contributed by atoms with Gasteiger partial charge in [0.15, 0.2) is 0 Å². The molecule has 0 aromatic heterocycles. The Kier molecular flexibility index (Phi) is 3.53. The smallest absolute Gasteiger partial charge is 0.420 e. The van der Waals surface area contributed by atoms with Crippen LogP contribution in [0.25, 0.3) is 10.8 Å². The van der Waals surface area contributed by atoms with E-state index in [0.717, 1.165) is 16.5 Å². The fourth-order valence-electron chi connectivity index (χ4n) is 2.57. The van der Waals surface area contributed by atoms with Crippen LogP contribution in [0.5, 0.6) is 5.75 Å². The zero-order valence-electron chi connectivity index (χ0n) is 12.0. The molecule has 0 saturated carbocycles. The van der Waals surface area contributed by atoms with Crippen LogP contribution in [0.2, 0.25) is 0 Å². The molecule has 21 heavy (non-hydrogen) atoms. The second-order valence-electron chi connectivity index (χ2n) is 5.60. The van der Waals surface area contributed by atoms with Crippen molar-refractivity contribution in [1.29, 1.82) is 0 Å². The highest BCUT2D eigenvalue weighted by Crippen LogP contribution is 2.27. The number of nitrogens with zero attached hydrogens (tertiary/aromatic N) is 1. The average molecular weight is 287 g/mol. The Balaban J connectivity index is 1.91. The van der Waals surface area contributed by atoms with E-state index in [1.54, 1.807) is 12.1 Å². The van der Waals surface area contributed by atoms with Crippen LogP contribution < -0.4 is 5.32 Å². The maximum absolute atomic E-state index is 12.6. The van der Waals surface area contributed by atoms with Gasteiger partial charge in [-0.1, -0.05) is 18.2 Å². The van der Waals surface area contributed by atoms with Gasteiger partial charge in [0.1, 0.15) is 18.8 Å². The van der Waals surface area contributed by atoms with Gasteiger partial charge in [0.05, 0.1) is 25.9 Å². The Bertz CT molecular complexity index is 678. The second-order valence-corrected chi connectivity index (χ2v) is 5.60. The van der Waals surface area contributed by atoms with Gasteiger partial charge >= 0.3 is 6.03 Å². The van der Waals surface area contributed by atoms with Gasteiger partial charge in [-0.2, -0.15) is 0 Å². The Morgan fingerprint density at radius 3 is 2.76 bits per heavy atom. The van der Waals surface area contributed by atoms with E-state index in [-0.39, 0.29) is 11.8 Å². The fourth-order valence-corrected chi connectivity index (χ4v) is 2.57. The van der Waals surface area contributed by atoms with Gasteiger partial charge in [-0.15, -0.1) is 0 Å². The van der Waals surface area contributed by atoms with Crippen molar-refractivity contribution in [2.24, 2.45) is 0 Å². The number of likely N-dealkylation sites (N-methyl/N-ethyl adjacent to an activating group) is 1. The number of aromatic hydroxyl groups is 1. The van der Waals surface area contributed by atoms with Gasteiger partial charge in [-0.25, -0.2) is 9.28 Å². The first-order valence-electron chi connectivity index (χ1n) is 7.04. The number of nitrogens with one attached hydrogen (secondary N) is 1. The number of hydrogen-bond donors (Lipinski definition) is 2. The van der Waals surface area contributed by atoms with Crippen molar-refractivity contribution in [3.05, 3.63) is 36.4 Å². The van der Waals surface area contributed by atoms with E-state index in [1.807, 2.05) is 31.3 Å². The molecule has 2 amide bonds. The molecule has 1 heterocycles. The van der Waals surface area contributed by atoms with Crippen LogP contribution in [0.15, 0.2) is 36.4 Å². The Morgan fingerprint density at radius 1 is 1.24 bits per heavy atom. The number of carbonyl (C=O) groups is 1. The maximum atomic E-state index is 12.6. The summed E-state index contributed by atoms with van der Waals surface area (Å²) in [4.78, 5) is 12.6. The first-order valence-corrected chi connectivity index (χ1v) is 7.04. The first-order chi connectivity index (χ1) is 10.1. The number of urea groups is 1. The number of fused-ring (bicyclic) bond motifs is 1. The predicted molar refractivity (Wildman–Crippen MR) is 81.4 cm³/mol. The molecule has 0 spiro atoms. The highest BCUT2D eigenvalue weighted by Gasteiger charge is 2.34. The van der Waals surface area contributed by atoms with Gasteiger partial charge < -0.3 is 9.84 Å². The number of benzene rings is 2. The summed E-state index contributed by atoms with van der Waals surface area (Å²) in [5.41, 5.74) is 0.722. The maximum Gasteiger partial charge on any atom is 0.420 e. The van der Waals surface area contributed by atoms with Crippen LogP contribution in [0.3, 0.4) is 0 Å². The number of phenolic OH excluding ortho intramolecular Hbond substituents is 1. The second kappa shape index (κ2) is 5.35. The molecule has 2 N–H and O–H groups in total. The minimum absolute atomic E-state index is 0.0471. The molecule has 2 aromatic carbocycles. The quantitative estimate of drug-likeness (QED) is 0.792. The molecule has 0 unspecified atom stereocenters. The van der Waals surface area contributed by atoms with Crippen molar-refractivity contribution in [3.63, 3.8) is 0 Å². The molecule has 0 radical (unpaired) electrons. The zero-order valence-corrected chi connectivity index (χ0v) is 12.0. The molecule has 0 bridgehead atoms. The Morgan fingerprint density at radius 2 is 2.00 bits per heavy atom. The summed E-state index contributed by atoms with van der Waals surface area (Å²) in [7, 11) is 1.92. The van der Waals surface area contributed by atoms with Gasteiger partial charge in [0.2, 0.25) is 0 Å². The van der Waals surface area contributed by atoms with Crippen LogP contribution in [-0.2, 0) is 4.74 Å². The molecule has 0 aliphatic carbocycles. The monoisotopic (exact) mass is 287 g/mol. The minimum atomic E-state index is -0.0471. The van der Waals surface area contributed by atoms with Crippen molar-refractivity contribution >= 4 is 22.5 Å². The minimum Gasteiger partial charge on any atom is -0.508 e. The molecule has 5 nitrogen and oxygen atoms in total. The largest absolute Gasteiger partial charge is 0.508 e. The molecular weight excluding hydrogens is 268 g/mol. The van der Waals surface area contributed by atoms with E-state index in [2.05, 4.69) is 5.32 Å². The van der Waals surface area contributed by atoms with Crippen molar-refractivity contribution in [2.75, 3.05) is 38.7 Å². The van der Waals surface area contributed by atoms with Crippen molar-refractivity contribution in [1.82, 2.24) is 0 Å². The van der Waals surface area contributed by atoms with E-state index in [0.29, 0.717) is 30.8 Å². The Hall–Kier alpha value is -2.11. The topological polar surface area (TPSA) is 58.6 Å². The molecule has 110 valence electrons. The summed E-state index contributed by atoms with van der Waals surface area (Å²) < 4.78 is 5.64. The molecule has 0 atom stereocenters. The zero-order chi connectivity index (χ0) is 14.9. The van der Waals surface area contributed by atoms with E-state index >= 15 is 0 Å². The van der Waals surface area contributed by atoms with Crippen molar-refractivity contribution in [3.8, 4) is 5.75 Å². The van der Waals surface area contributed by atoms with E-state index < -0.39 is 0 Å². The third kappa shape index (κ3) is 2.70. The lowest BCUT2D eigenvalue weighted by atomic mass is 10.1. The number of ether oxygens (including phenoxy) is 1. The molecule has 5 heteroatoms. The number of morpholine rings is 1. The normalized spacial score (nSPS) is 17.6. The standard InChI is InChI=1S/C16H18N2O3/c1-18(7-9-21-10-8-18)16(20)17-15-4-2-3-12-5-6-13(19)11-14(12)15/h2-6,11H,7-10H2,1H3,(H-,17,19,20)/p+1. The fraction of sp³-hybridized carbons (Fsp3) is 0.312. The number of quaternary nitrogens is 1.